The van der Waals surface area contributed by atoms with E-state index in [-0.39, 0.29) is 5.97 Å². The van der Waals surface area contributed by atoms with Gasteiger partial charge in [-0.25, -0.2) is 4.79 Å². The van der Waals surface area contributed by atoms with Crippen molar-refractivity contribution in [3.05, 3.63) is 34.9 Å². The van der Waals surface area contributed by atoms with Crippen molar-refractivity contribution in [3.8, 4) is 0 Å². The van der Waals surface area contributed by atoms with Crippen LogP contribution < -0.4 is 0 Å². The first-order valence-electron chi connectivity index (χ1n) is 4.59. The normalized spacial score (nSPS) is 21.6. The van der Waals surface area contributed by atoms with Gasteiger partial charge in [0.2, 0.25) is 0 Å². The van der Waals surface area contributed by atoms with Crippen molar-refractivity contribution < 1.29 is 14.6 Å². The molecule has 74 valence electrons. The monoisotopic (exact) mass is 192 g/mol. The molecule has 1 aliphatic heterocycles. The van der Waals surface area contributed by atoms with Gasteiger partial charge in [0.1, 0.15) is 0 Å². The summed E-state index contributed by atoms with van der Waals surface area (Å²) < 4.78 is 5.06. The Bertz CT molecular complexity index is 382. The van der Waals surface area contributed by atoms with Gasteiger partial charge in [0, 0.05) is 5.56 Å². The maximum absolute atomic E-state index is 11.4. The van der Waals surface area contributed by atoms with Crippen LogP contribution in [0.1, 0.15) is 34.5 Å². The highest BCUT2D eigenvalue weighted by Crippen LogP contribution is 2.33. The SMILES string of the molecule is Cc1ccc2c(c1)C(=O)OC2C(C)O. The fourth-order valence-electron chi connectivity index (χ4n) is 1.70. The van der Waals surface area contributed by atoms with Crippen molar-refractivity contribution in [2.75, 3.05) is 0 Å². The average Bonchev–Trinajstić information content (AvgIpc) is 2.44. The highest BCUT2D eigenvalue weighted by atomic mass is 16.6. The number of cyclic esters (lactones) is 1. The summed E-state index contributed by atoms with van der Waals surface area (Å²) in [5.74, 6) is -0.338. The van der Waals surface area contributed by atoms with Crippen LogP contribution >= 0.6 is 0 Å². The zero-order valence-corrected chi connectivity index (χ0v) is 8.15. The van der Waals surface area contributed by atoms with Crippen LogP contribution in [0.5, 0.6) is 0 Å². The number of carbonyl (C=O) groups is 1. The van der Waals surface area contributed by atoms with Gasteiger partial charge in [0.15, 0.2) is 6.10 Å². The lowest BCUT2D eigenvalue weighted by atomic mass is 10.0. The van der Waals surface area contributed by atoms with Crippen molar-refractivity contribution in [2.24, 2.45) is 0 Å². The lowest BCUT2D eigenvalue weighted by Crippen LogP contribution is -2.14. The van der Waals surface area contributed by atoms with Crippen LogP contribution in [-0.2, 0) is 4.74 Å². The van der Waals surface area contributed by atoms with Crippen molar-refractivity contribution in [3.63, 3.8) is 0 Å². The molecule has 2 unspecified atom stereocenters. The summed E-state index contributed by atoms with van der Waals surface area (Å²) >= 11 is 0. The molecule has 1 aliphatic rings. The van der Waals surface area contributed by atoms with E-state index in [4.69, 9.17) is 4.74 Å². The van der Waals surface area contributed by atoms with E-state index in [2.05, 4.69) is 0 Å². The smallest absolute Gasteiger partial charge is 0.339 e. The van der Waals surface area contributed by atoms with Gasteiger partial charge in [-0.2, -0.15) is 0 Å². The van der Waals surface area contributed by atoms with Crippen molar-refractivity contribution in [2.45, 2.75) is 26.1 Å². The third-order valence-electron chi connectivity index (χ3n) is 2.41. The van der Waals surface area contributed by atoms with Crippen LogP contribution in [-0.4, -0.2) is 17.2 Å². The van der Waals surface area contributed by atoms with Gasteiger partial charge in [-0.15, -0.1) is 0 Å². The van der Waals surface area contributed by atoms with Gasteiger partial charge in [-0.3, -0.25) is 0 Å². The first-order valence-corrected chi connectivity index (χ1v) is 4.59. The third-order valence-corrected chi connectivity index (χ3v) is 2.41. The quantitative estimate of drug-likeness (QED) is 0.687. The number of benzene rings is 1. The fraction of sp³-hybridized carbons (Fsp3) is 0.364. The van der Waals surface area contributed by atoms with Gasteiger partial charge >= 0.3 is 5.97 Å². The molecule has 0 saturated carbocycles. The maximum Gasteiger partial charge on any atom is 0.339 e. The molecule has 2 atom stereocenters. The van der Waals surface area contributed by atoms with Gasteiger partial charge in [0.25, 0.3) is 0 Å². The molecule has 3 heteroatoms. The van der Waals surface area contributed by atoms with Gasteiger partial charge in [-0.1, -0.05) is 17.7 Å². The predicted molar refractivity (Wildman–Crippen MR) is 51.0 cm³/mol. The number of aliphatic hydroxyl groups excluding tert-OH is 1. The largest absolute Gasteiger partial charge is 0.451 e. The molecule has 14 heavy (non-hydrogen) atoms. The average molecular weight is 192 g/mol. The molecule has 0 aliphatic carbocycles. The Morgan fingerprint density at radius 3 is 2.86 bits per heavy atom. The van der Waals surface area contributed by atoms with Gasteiger partial charge in [0.05, 0.1) is 11.7 Å². The number of ether oxygens (including phenoxy) is 1. The summed E-state index contributed by atoms with van der Waals surface area (Å²) in [5, 5.41) is 9.41. The Balaban J connectivity index is 2.50. The minimum atomic E-state index is -0.664. The second-order valence-electron chi connectivity index (χ2n) is 3.66. The zero-order valence-electron chi connectivity index (χ0n) is 8.15. The first kappa shape index (κ1) is 9.21. The first-order chi connectivity index (χ1) is 6.59. The molecule has 0 amide bonds. The number of fused-ring (bicyclic) bond motifs is 1. The van der Waals surface area contributed by atoms with Crippen LogP contribution in [0.3, 0.4) is 0 Å². The molecular weight excluding hydrogens is 180 g/mol. The molecule has 0 radical (unpaired) electrons. The maximum atomic E-state index is 11.4. The molecular formula is C11H12O3. The molecule has 0 saturated heterocycles. The lowest BCUT2D eigenvalue weighted by Gasteiger charge is -2.13. The Morgan fingerprint density at radius 2 is 2.21 bits per heavy atom. The topological polar surface area (TPSA) is 46.5 Å². The minimum Gasteiger partial charge on any atom is -0.451 e. The molecule has 2 rings (SSSR count). The van der Waals surface area contributed by atoms with Crippen molar-refractivity contribution >= 4 is 5.97 Å². The van der Waals surface area contributed by atoms with Crippen LogP contribution in [0.4, 0.5) is 0 Å². The van der Waals surface area contributed by atoms with E-state index in [0.29, 0.717) is 5.56 Å². The number of carbonyl (C=O) groups excluding carboxylic acids is 1. The summed E-state index contributed by atoms with van der Waals surface area (Å²) in [5.41, 5.74) is 2.39. The van der Waals surface area contributed by atoms with Crippen LogP contribution in [0.2, 0.25) is 0 Å². The molecule has 0 fully saturated rings. The number of aryl methyl sites for hydroxylation is 1. The Morgan fingerprint density at radius 1 is 1.50 bits per heavy atom. The fourth-order valence-corrected chi connectivity index (χ4v) is 1.70. The number of aliphatic hydroxyl groups is 1. The highest BCUT2D eigenvalue weighted by Gasteiger charge is 2.33. The lowest BCUT2D eigenvalue weighted by molar-refractivity contribution is -0.00273. The summed E-state index contributed by atoms with van der Waals surface area (Å²) in [6.07, 6.45) is -1.17. The van der Waals surface area contributed by atoms with E-state index in [1.54, 1.807) is 13.0 Å². The minimum absolute atomic E-state index is 0.338. The number of rotatable bonds is 1. The molecule has 0 spiro atoms. The van der Waals surface area contributed by atoms with E-state index >= 15 is 0 Å². The van der Waals surface area contributed by atoms with E-state index in [0.717, 1.165) is 11.1 Å². The summed E-state index contributed by atoms with van der Waals surface area (Å²) in [7, 11) is 0. The summed E-state index contributed by atoms with van der Waals surface area (Å²) in [4.78, 5) is 11.4. The standard InChI is InChI=1S/C11H12O3/c1-6-3-4-8-9(5-6)11(13)14-10(8)7(2)12/h3-5,7,10,12H,1-2H3. The molecule has 1 aromatic carbocycles. The third kappa shape index (κ3) is 1.30. The van der Waals surface area contributed by atoms with E-state index in [1.165, 1.54) is 0 Å². The van der Waals surface area contributed by atoms with Crippen LogP contribution in [0.15, 0.2) is 18.2 Å². The second kappa shape index (κ2) is 3.10. The predicted octanol–water partition coefficient (Wildman–Crippen LogP) is 1.59. The number of hydrogen-bond acceptors (Lipinski definition) is 3. The summed E-state index contributed by atoms with van der Waals surface area (Å²) in [6, 6.07) is 5.54. The zero-order chi connectivity index (χ0) is 10.3. The second-order valence-corrected chi connectivity index (χ2v) is 3.66. The van der Waals surface area contributed by atoms with E-state index in [9.17, 15) is 9.90 Å². The van der Waals surface area contributed by atoms with Gasteiger partial charge < -0.3 is 9.84 Å². The van der Waals surface area contributed by atoms with Crippen molar-refractivity contribution in [1.29, 1.82) is 0 Å². The van der Waals surface area contributed by atoms with E-state index in [1.807, 2.05) is 19.1 Å². The molecule has 1 aromatic rings. The highest BCUT2D eigenvalue weighted by molar-refractivity contribution is 5.94. The molecule has 1 N–H and O–H groups in total. The molecule has 1 heterocycles. The van der Waals surface area contributed by atoms with Gasteiger partial charge in [-0.05, 0) is 19.9 Å². The molecule has 0 aromatic heterocycles. The molecule has 3 nitrogen and oxygen atoms in total. The Hall–Kier alpha value is -1.35. The van der Waals surface area contributed by atoms with E-state index < -0.39 is 12.2 Å². The number of hydrogen-bond donors (Lipinski definition) is 1. The number of esters is 1. The van der Waals surface area contributed by atoms with Crippen molar-refractivity contribution in [1.82, 2.24) is 0 Å². The summed E-state index contributed by atoms with van der Waals surface area (Å²) in [6.45, 7) is 3.54. The molecule has 0 bridgehead atoms. The Kier molecular flexibility index (Phi) is 2.04. The Labute approximate surface area is 82.3 Å². The van der Waals surface area contributed by atoms with Crippen LogP contribution in [0.25, 0.3) is 0 Å². The van der Waals surface area contributed by atoms with Crippen LogP contribution in [0, 0.1) is 6.92 Å².